The van der Waals surface area contributed by atoms with Crippen LogP contribution in [0.25, 0.3) is 0 Å². The predicted octanol–water partition coefficient (Wildman–Crippen LogP) is 3.02. The van der Waals surface area contributed by atoms with Gasteiger partial charge in [0.25, 0.3) is 0 Å². The first kappa shape index (κ1) is 8.48. The first-order valence-electron chi connectivity index (χ1n) is 3.51. The Labute approximate surface area is 58.3 Å². The molecule has 0 amide bonds. The minimum Gasteiger partial charge on any atom is -0.103 e. The van der Waals surface area contributed by atoms with Crippen molar-refractivity contribution in [3.63, 3.8) is 0 Å². The molecule has 0 rings (SSSR count). The number of allylic oxidation sites excluding steroid dienone is 2. The van der Waals surface area contributed by atoms with Gasteiger partial charge in [0.15, 0.2) is 0 Å². The second-order valence-corrected chi connectivity index (χ2v) is 2.40. The van der Waals surface area contributed by atoms with Crippen molar-refractivity contribution in [1.82, 2.24) is 0 Å². The minimum atomic E-state index is 0.576. The third kappa shape index (κ3) is 2.50. The molecule has 0 saturated heterocycles. The second-order valence-electron chi connectivity index (χ2n) is 2.40. The van der Waals surface area contributed by atoms with Crippen LogP contribution < -0.4 is 0 Å². The van der Waals surface area contributed by atoms with Crippen molar-refractivity contribution in [3.8, 4) is 0 Å². The molecule has 0 spiro atoms. The summed E-state index contributed by atoms with van der Waals surface area (Å²) < 4.78 is 0. The molecule has 0 N–H and O–H groups in total. The zero-order chi connectivity index (χ0) is 7.28. The lowest BCUT2D eigenvalue weighted by molar-refractivity contribution is 0.499. The molecule has 0 aliphatic rings. The van der Waals surface area contributed by atoms with E-state index >= 15 is 0 Å². The summed E-state index contributed by atoms with van der Waals surface area (Å²) in [7, 11) is 0. The van der Waals surface area contributed by atoms with E-state index in [0.717, 1.165) is 6.42 Å². The largest absolute Gasteiger partial charge is 0.103 e. The molecule has 0 heteroatoms. The average Bonchev–Trinajstić information content (AvgIpc) is 1.90. The van der Waals surface area contributed by atoms with Crippen LogP contribution in [0.5, 0.6) is 0 Å². The number of hydrogen-bond donors (Lipinski definition) is 0. The Morgan fingerprint density at radius 1 is 1.33 bits per heavy atom. The van der Waals surface area contributed by atoms with Gasteiger partial charge in [0, 0.05) is 0 Å². The van der Waals surface area contributed by atoms with Gasteiger partial charge in [-0.2, -0.15) is 0 Å². The third-order valence-electron chi connectivity index (χ3n) is 1.82. The number of rotatable bonds is 4. The fourth-order valence-electron chi connectivity index (χ4n) is 0.928. The topological polar surface area (TPSA) is 0 Å². The highest BCUT2D eigenvalue weighted by Gasteiger charge is 2.06. The molecule has 0 aliphatic heterocycles. The van der Waals surface area contributed by atoms with Gasteiger partial charge in [0.05, 0.1) is 0 Å². The van der Waals surface area contributed by atoms with Gasteiger partial charge < -0.3 is 0 Å². The molecule has 52 valence electrons. The summed E-state index contributed by atoms with van der Waals surface area (Å²) in [4.78, 5) is 0. The molecule has 0 saturated carbocycles. The van der Waals surface area contributed by atoms with Crippen molar-refractivity contribution in [2.45, 2.75) is 20.3 Å². The van der Waals surface area contributed by atoms with E-state index in [1.165, 1.54) is 0 Å². The Hall–Kier alpha value is -0.520. The molecule has 0 nitrogen and oxygen atoms in total. The van der Waals surface area contributed by atoms with E-state index < -0.39 is 0 Å². The van der Waals surface area contributed by atoms with Gasteiger partial charge in [-0.15, -0.1) is 13.2 Å². The maximum absolute atomic E-state index is 3.75. The van der Waals surface area contributed by atoms with Crippen LogP contribution in [0.3, 0.4) is 0 Å². The second kappa shape index (κ2) is 4.37. The van der Waals surface area contributed by atoms with Crippen molar-refractivity contribution >= 4 is 0 Å². The maximum Gasteiger partial charge on any atom is -0.0179 e. The summed E-state index contributed by atoms with van der Waals surface area (Å²) in [5, 5.41) is 0. The quantitative estimate of drug-likeness (QED) is 0.505. The highest BCUT2D eigenvalue weighted by atomic mass is 14.1. The molecule has 0 aromatic heterocycles. The lowest BCUT2D eigenvalue weighted by Crippen LogP contribution is -2.03. The Balaban J connectivity index is 3.77. The smallest absolute Gasteiger partial charge is 0.0179 e. The molecule has 0 aromatic carbocycles. The average molecular weight is 124 g/mol. The molecule has 0 bridgehead atoms. The molecular formula is C9H16. The first-order chi connectivity index (χ1) is 4.26. The van der Waals surface area contributed by atoms with Crippen LogP contribution in [0.2, 0.25) is 0 Å². The molecule has 0 heterocycles. The fraction of sp³-hybridized carbons (Fsp3) is 0.556. The Kier molecular flexibility index (Phi) is 4.12. The van der Waals surface area contributed by atoms with Crippen molar-refractivity contribution in [1.29, 1.82) is 0 Å². The van der Waals surface area contributed by atoms with E-state index in [0.29, 0.717) is 11.8 Å². The zero-order valence-corrected chi connectivity index (χ0v) is 6.43. The van der Waals surface area contributed by atoms with Gasteiger partial charge >= 0.3 is 0 Å². The van der Waals surface area contributed by atoms with Gasteiger partial charge in [-0.25, -0.2) is 0 Å². The third-order valence-corrected chi connectivity index (χ3v) is 1.82. The lowest BCUT2D eigenvalue weighted by Gasteiger charge is -2.13. The Morgan fingerprint density at radius 3 is 2.00 bits per heavy atom. The van der Waals surface area contributed by atoms with Crippen LogP contribution in [0, 0.1) is 11.8 Å². The molecule has 9 heavy (non-hydrogen) atoms. The van der Waals surface area contributed by atoms with E-state index in [-0.39, 0.29) is 0 Å². The fourth-order valence-corrected chi connectivity index (χ4v) is 0.928. The molecule has 1 unspecified atom stereocenters. The van der Waals surface area contributed by atoms with E-state index in [9.17, 15) is 0 Å². The summed E-state index contributed by atoms with van der Waals surface area (Å²) in [6.45, 7) is 11.8. The zero-order valence-electron chi connectivity index (χ0n) is 6.43. The standard InChI is InChI=1S/C9H16/c1-5-8(4)9(6-2)7-3/h5-6,8-9H,1-2,7H2,3-4H3/t8-,9?/m0/s1. The van der Waals surface area contributed by atoms with E-state index in [2.05, 4.69) is 27.0 Å². The van der Waals surface area contributed by atoms with Gasteiger partial charge in [0.2, 0.25) is 0 Å². The summed E-state index contributed by atoms with van der Waals surface area (Å²) in [5.74, 6) is 1.19. The Bertz CT molecular complexity index is 92.2. The van der Waals surface area contributed by atoms with Gasteiger partial charge in [-0.3, -0.25) is 0 Å². The van der Waals surface area contributed by atoms with Crippen LogP contribution in [0.15, 0.2) is 25.3 Å². The molecule has 0 fully saturated rings. The highest BCUT2D eigenvalue weighted by Crippen LogP contribution is 2.16. The van der Waals surface area contributed by atoms with E-state index in [1.807, 2.05) is 12.2 Å². The Morgan fingerprint density at radius 2 is 1.89 bits per heavy atom. The van der Waals surface area contributed by atoms with Crippen LogP contribution in [-0.2, 0) is 0 Å². The van der Waals surface area contributed by atoms with Crippen molar-refractivity contribution in [3.05, 3.63) is 25.3 Å². The van der Waals surface area contributed by atoms with Gasteiger partial charge in [0.1, 0.15) is 0 Å². The molecular weight excluding hydrogens is 108 g/mol. The first-order valence-corrected chi connectivity index (χ1v) is 3.51. The van der Waals surface area contributed by atoms with Crippen molar-refractivity contribution < 1.29 is 0 Å². The minimum absolute atomic E-state index is 0.576. The van der Waals surface area contributed by atoms with Crippen LogP contribution in [0.1, 0.15) is 20.3 Å². The van der Waals surface area contributed by atoms with E-state index in [1.54, 1.807) is 0 Å². The highest BCUT2D eigenvalue weighted by molar-refractivity contribution is 4.89. The SMILES string of the molecule is C=CC(CC)[C@@H](C)C=C. The molecule has 0 radical (unpaired) electrons. The predicted molar refractivity (Wildman–Crippen MR) is 43.3 cm³/mol. The van der Waals surface area contributed by atoms with Crippen molar-refractivity contribution in [2.24, 2.45) is 11.8 Å². The van der Waals surface area contributed by atoms with Crippen molar-refractivity contribution in [2.75, 3.05) is 0 Å². The van der Waals surface area contributed by atoms with Crippen LogP contribution in [0.4, 0.5) is 0 Å². The van der Waals surface area contributed by atoms with Crippen LogP contribution in [-0.4, -0.2) is 0 Å². The maximum atomic E-state index is 3.75. The molecule has 0 aliphatic carbocycles. The lowest BCUT2D eigenvalue weighted by atomic mass is 9.92. The number of hydrogen-bond acceptors (Lipinski definition) is 0. The monoisotopic (exact) mass is 124 g/mol. The van der Waals surface area contributed by atoms with Crippen LogP contribution >= 0.6 is 0 Å². The summed E-state index contributed by atoms with van der Waals surface area (Å²) in [6.07, 6.45) is 5.15. The van der Waals surface area contributed by atoms with E-state index in [4.69, 9.17) is 0 Å². The summed E-state index contributed by atoms with van der Waals surface area (Å²) in [6, 6.07) is 0. The van der Waals surface area contributed by atoms with Gasteiger partial charge in [-0.05, 0) is 18.3 Å². The molecule has 0 aromatic rings. The van der Waals surface area contributed by atoms with Gasteiger partial charge in [-0.1, -0.05) is 26.0 Å². The molecule has 2 atom stereocenters. The normalized spacial score (nSPS) is 16.2. The summed E-state index contributed by atoms with van der Waals surface area (Å²) in [5.41, 5.74) is 0. The summed E-state index contributed by atoms with van der Waals surface area (Å²) >= 11 is 0.